The van der Waals surface area contributed by atoms with Gasteiger partial charge in [-0.3, -0.25) is 4.79 Å². The number of hydrogen-bond acceptors (Lipinski definition) is 3. The van der Waals surface area contributed by atoms with E-state index in [9.17, 15) is 26.7 Å². The molecule has 0 aliphatic carbocycles. The van der Waals surface area contributed by atoms with Crippen LogP contribution in [0.4, 0.5) is 22.0 Å². The summed E-state index contributed by atoms with van der Waals surface area (Å²) >= 11 is 1.32. The fourth-order valence-electron chi connectivity index (χ4n) is 1.51. The third-order valence-electron chi connectivity index (χ3n) is 2.54. The van der Waals surface area contributed by atoms with Crippen molar-refractivity contribution < 1.29 is 26.7 Å². The predicted octanol–water partition coefficient (Wildman–Crippen LogP) is 3.14. The second-order valence-corrected chi connectivity index (χ2v) is 5.07. The van der Waals surface area contributed by atoms with Crippen LogP contribution in [0.3, 0.4) is 0 Å². The molecule has 0 saturated heterocycles. The minimum Gasteiger partial charge on any atom is -0.273 e. The van der Waals surface area contributed by atoms with Crippen molar-refractivity contribution in [1.82, 2.24) is 5.43 Å². The van der Waals surface area contributed by atoms with Crippen molar-refractivity contribution in [2.45, 2.75) is 6.42 Å². The number of nitrogens with one attached hydrogen (secondary N) is 1. The zero-order valence-corrected chi connectivity index (χ0v) is 11.5. The molecule has 0 unspecified atom stereocenters. The van der Waals surface area contributed by atoms with Gasteiger partial charge in [-0.1, -0.05) is 6.07 Å². The van der Waals surface area contributed by atoms with Gasteiger partial charge in [0.15, 0.2) is 23.3 Å². The average Bonchev–Trinajstić information content (AvgIpc) is 2.99. The zero-order chi connectivity index (χ0) is 16.3. The standard InChI is InChI=1S/C13H7F5N2OS/c14-9-7(10(15)12(17)13(18)11(9)16)5-19-20-8(21)4-6-2-1-3-22-6/h1-3,5H,4H2,(H,20,21)/b19-5-. The molecular formula is C13H7F5N2OS. The number of halogens is 5. The maximum Gasteiger partial charge on any atom is 0.245 e. The molecule has 1 heterocycles. The van der Waals surface area contributed by atoms with Crippen LogP contribution in [0, 0.1) is 29.1 Å². The van der Waals surface area contributed by atoms with Gasteiger partial charge in [-0.25, -0.2) is 27.4 Å². The van der Waals surface area contributed by atoms with Crippen molar-refractivity contribution in [2.75, 3.05) is 0 Å². The maximum absolute atomic E-state index is 13.3. The molecule has 22 heavy (non-hydrogen) atoms. The number of carbonyl (C=O) groups is 1. The molecule has 0 aliphatic rings. The third-order valence-corrected chi connectivity index (χ3v) is 3.42. The van der Waals surface area contributed by atoms with Crippen LogP contribution in [0.25, 0.3) is 0 Å². The van der Waals surface area contributed by atoms with Gasteiger partial charge in [0.1, 0.15) is 0 Å². The predicted molar refractivity (Wildman–Crippen MR) is 70.0 cm³/mol. The number of carbonyl (C=O) groups excluding carboxylic acids is 1. The molecule has 1 amide bonds. The number of benzene rings is 1. The minimum absolute atomic E-state index is 0.0217. The number of nitrogens with zero attached hydrogens (tertiary/aromatic N) is 1. The number of amides is 1. The van der Waals surface area contributed by atoms with Crippen LogP contribution in [0.1, 0.15) is 10.4 Å². The van der Waals surface area contributed by atoms with Gasteiger partial charge in [0.25, 0.3) is 0 Å². The van der Waals surface area contributed by atoms with E-state index in [0.717, 1.165) is 4.88 Å². The molecule has 0 atom stereocenters. The van der Waals surface area contributed by atoms with Crippen molar-refractivity contribution in [1.29, 1.82) is 0 Å². The van der Waals surface area contributed by atoms with E-state index >= 15 is 0 Å². The first-order valence-electron chi connectivity index (χ1n) is 5.77. The lowest BCUT2D eigenvalue weighted by molar-refractivity contribution is -0.120. The first-order chi connectivity index (χ1) is 10.4. The highest BCUT2D eigenvalue weighted by molar-refractivity contribution is 7.10. The molecule has 2 aromatic rings. The molecule has 0 saturated carbocycles. The molecule has 1 aromatic heterocycles. The Balaban J connectivity index is 2.12. The number of thiophene rings is 1. The highest BCUT2D eigenvalue weighted by Gasteiger charge is 2.24. The minimum atomic E-state index is -2.26. The normalized spacial score (nSPS) is 11.1. The van der Waals surface area contributed by atoms with E-state index in [1.54, 1.807) is 17.5 Å². The van der Waals surface area contributed by atoms with E-state index in [-0.39, 0.29) is 6.42 Å². The monoisotopic (exact) mass is 334 g/mol. The third kappa shape index (κ3) is 3.30. The van der Waals surface area contributed by atoms with Crippen LogP contribution in [0.5, 0.6) is 0 Å². The smallest absolute Gasteiger partial charge is 0.245 e. The van der Waals surface area contributed by atoms with Crippen molar-refractivity contribution in [3.63, 3.8) is 0 Å². The van der Waals surface area contributed by atoms with E-state index in [1.165, 1.54) is 11.3 Å². The van der Waals surface area contributed by atoms with Gasteiger partial charge >= 0.3 is 0 Å². The SMILES string of the molecule is O=C(Cc1cccs1)N/N=C\c1c(F)c(F)c(F)c(F)c1F. The molecule has 0 spiro atoms. The Bertz CT molecular complexity index is 702. The fourth-order valence-corrected chi connectivity index (χ4v) is 2.22. The van der Waals surface area contributed by atoms with Gasteiger partial charge in [-0.15, -0.1) is 11.3 Å². The maximum atomic E-state index is 13.3. The molecule has 0 radical (unpaired) electrons. The average molecular weight is 334 g/mol. The summed E-state index contributed by atoms with van der Waals surface area (Å²) in [6.45, 7) is 0. The van der Waals surface area contributed by atoms with E-state index < -0.39 is 40.6 Å². The molecule has 2 rings (SSSR count). The van der Waals surface area contributed by atoms with Crippen LogP contribution < -0.4 is 5.43 Å². The summed E-state index contributed by atoms with van der Waals surface area (Å²) in [5.41, 5.74) is 0.714. The molecule has 1 aromatic carbocycles. The summed E-state index contributed by atoms with van der Waals surface area (Å²) in [6.07, 6.45) is 0.342. The molecule has 0 bridgehead atoms. The van der Waals surface area contributed by atoms with Crippen molar-refractivity contribution in [2.24, 2.45) is 5.10 Å². The van der Waals surface area contributed by atoms with Crippen molar-refractivity contribution in [3.8, 4) is 0 Å². The Labute approximate surface area is 125 Å². The van der Waals surface area contributed by atoms with Gasteiger partial charge in [-0.05, 0) is 11.4 Å². The van der Waals surface area contributed by atoms with Crippen LogP contribution in [0.15, 0.2) is 22.6 Å². The summed E-state index contributed by atoms with van der Waals surface area (Å²) in [7, 11) is 0. The lowest BCUT2D eigenvalue weighted by atomic mass is 10.2. The highest BCUT2D eigenvalue weighted by Crippen LogP contribution is 2.21. The van der Waals surface area contributed by atoms with Crippen molar-refractivity contribution in [3.05, 3.63) is 57.0 Å². The number of hydrogen-bond donors (Lipinski definition) is 1. The van der Waals surface area contributed by atoms with Gasteiger partial charge < -0.3 is 0 Å². The Morgan fingerprint density at radius 2 is 1.68 bits per heavy atom. The van der Waals surface area contributed by atoms with Gasteiger partial charge in [0, 0.05) is 4.88 Å². The van der Waals surface area contributed by atoms with Crippen LogP contribution in [-0.2, 0) is 11.2 Å². The number of rotatable bonds is 4. The second kappa shape index (κ2) is 6.65. The van der Waals surface area contributed by atoms with Gasteiger partial charge in [0.05, 0.1) is 18.2 Å². The summed E-state index contributed by atoms with van der Waals surface area (Å²) < 4.78 is 65.3. The summed E-state index contributed by atoms with van der Waals surface area (Å²) in [6, 6.07) is 3.42. The Hall–Kier alpha value is -2.29. The number of hydrazone groups is 1. The first kappa shape index (κ1) is 16.1. The van der Waals surface area contributed by atoms with Crippen LogP contribution >= 0.6 is 11.3 Å². The summed E-state index contributed by atoms with van der Waals surface area (Å²) in [5.74, 6) is -11.0. The van der Waals surface area contributed by atoms with Gasteiger partial charge in [-0.2, -0.15) is 5.10 Å². The lowest BCUT2D eigenvalue weighted by Gasteiger charge is -2.04. The van der Waals surface area contributed by atoms with Gasteiger partial charge in [0.2, 0.25) is 11.7 Å². The van der Waals surface area contributed by atoms with E-state index in [0.29, 0.717) is 6.21 Å². The van der Waals surface area contributed by atoms with Crippen LogP contribution in [0.2, 0.25) is 0 Å². The molecule has 116 valence electrons. The molecule has 9 heteroatoms. The summed E-state index contributed by atoms with van der Waals surface area (Å²) in [5, 5.41) is 4.95. The first-order valence-corrected chi connectivity index (χ1v) is 6.65. The lowest BCUT2D eigenvalue weighted by Crippen LogP contribution is -2.19. The molecule has 0 aliphatic heterocycles. The molecule has 3 nitrogen and oxygen atoms in total. The van der Waals surface area contributed by atoms with E-state index in [4.69, 9.17) is 0 Å². The van der Waals surface area contributed by atoms with Crippen LogP contribution in [-0.4, -0.2) is 12.1 Å². The largest absolute Gasteiger partial charge is 0.273 e. The fraction of sp³-hybridized carbons (Fsp3) is 0.0769. The zero-order valence-electron chi connectivity index (χ0n) is 10.7. The van der Waals surface area contributed by atoms with Crippen molar-refractivity contribution >= 4 is 23.5 Å². The second-order valence-electron chi connectivity index (χ2n) is 4.03. The van der Waals surface area contributed by atoms with E-state index in [2.05, 4.69) is 5.10 Å². The van der Waals surface area contributed by atoms with E-state index in [1.807, 2.05) is 5.43 Å². The Kier molecular flexibility index (Phi) is 4.86. The Morgan fingerprint density at radius 1 is 1.09 bits per heavy atom. The molecule has 0 fully saturated rings. The Morgan fingerprint density at radius 3 is 2.23 bits per heavy atom. The molecular weight excluding hydrogens is 327 g/mol. The quantitative estimate of drug-likeness (QED) is 0.301. The summed E-state index contributed by atoms with van der Waals surface area (Å²) in [4.78, 5) is 12.2. The topological polar surface area (TPSA) is 41.5 Å². The highest BCUT2D eigenvalue weighted by atomic mass is 32.1. The molecule has 1 N–H and O–H groups in total.